The first-order valence-corrected chi connectivity index (χ1v) is 15.8. The lowest BCUT2D eigenvalue weighted by Gasteiger charge is -2.31. The standard InChI is InChI=1S/C30H35Cl2N3O5S/c1-4-40-25-15-13-24(14-16-25)35(41(3,38)39)18-8-11-29(36)34(21-23-12-17-26(31)27(32)19-23)28(30(37)33-2)20-22-9-6-5-7-10-22/h5-7,9-10,12-17,19,28H,4,8,11,18,20-21H2,1-3H3,(H,33,37). The maximum atomic E-state index is 13.7. The second kappa shape index (κ2) is 15.1. The molecule has 0 saturated heterocycles. The number of carbonyl (C=O) groups is 2. The third-order valence-corrected chi connectivity index (χ3v) is 8.38. The van der Waals surface area contributed by atoms with E-state index in [4.69, 9.17) is 27.9 Å². The van der Waals surface area contributed by atoms with Crippen LogP contribution in [0.5, 0.6) is 5.75 Å². The maximum Gasteiger partial charge on any atom is 0.242 e. The van der Waals surface area contributed by atoms with Gasteiger partial charge in [0.15, 0.2) is 0 Å². The number of hydrogen-bond donors (Lipinski definition) is 1. The number of halogens is 2. The largest absolute Gasteiger partial charge is 0.494 e. The van der Waals surface area contributed by atoms with Gasteiger partial charge in [-0.25, -0.2) is 8.42 Å². The number of carbonyl (C=O) groups excluding carboxylic acids is 2. The maximum absolute atomic E-state index is 13.7. The number of likely N-dealkylation sites (N-methyl/N-ethyl adjacent to an activating group) is 1. The molecule has 0 spiro atoms. The van der Waals surface area contributed by atoms with Crippen molar-refractivity contribution in [1.29, 1.82) is 0 Å². The molecule has 1 unspecified atom stereocenters. The smallest absolute Gasteiger partial charge is 0.242 e. The SMILES string of the molecule is CCOc1ccc(N(CCCC(=O)N(Cc2ccc(Cl)c(Cl)c2)C(Cc2ccccc2)C(=O)NC)S(C)(=O)=O)cc1. The Morgan fingerprint density at radius 1 is 0.951 bits per heavy atom. The monoisotopic (exact) mass is 619 g/mol. The summed E-state index contributed by atoms with van der Waals surface area (Å²) in [6.07, 6.45) is 1.69. The van der Waals surface area contributed by atoms with Crippen LogP contribution in [0.1, 0.15) is 30.9 Å². The first kappa shape index (κ1) is 32.2. The van der Waals surface area contributed by atoms with Gasteiger partial charge in [0.2, 0.25) is 21.8 Å². The van der Waals surface area contributed by atoms with Crippen molar-refractivity contribution in [3.63, 3.8) is 0 Å². The van der Waals surface area contributed by atoms with Gasteiger partial charge in [0.25, 0.3) is 0 Å². The Hall–Kier alpha value is -3.27. The minimum Gasteiger partial charge on any atom is -0.494 e. The molecular weight excluding hydrogens is 585 g/mol. The summed E-state index contributed by atoms with van der Waals surface area (Å²) >= 11 is 12.3. The minimum atomic E-state index is -3.62. The quantitative estimate of drug-likeness (QED) is 0.263. The summed E-state index contributed by atoms with van der Waals surface area (Å²) in [5, 5.41) is 3.41. The normalized spacial score (nSPS) is 11.9. The molecule has 0 bridgehead atoms. The lowest BCUT2D eigenvalue weighted by Crippen LogP contribution is -2.49. The highest BCUT2D eigenvalue weighted by Gasteiger charge is 2.30. The van der Waals surface area contributed by atoms with Crippen LogP contribution < -0.4 is 14.4 Å². The molecule has 41 heavy (non-hydrogen) atoms. The van der Waals surface area contributed by atoms with Gasteiger partial charge >= 0.3 is 0 Å². The Kier molecular flexibility index (Phi) is 11.9. The van der Waals surface area contributed by atoms with Crippen molar-refractivity contribution in [3.8, 4) is 5.75 Å². The molecule has 3 aromatic rings. The Morgan fingerprint density at radius 3 is 2.22 bits per heavy atom. The average molecular weight is 621 g/mol. The summed E-state index contributed by atoms with van der Waals surface area (Å²) in [7, 11) is -2.09. The molecule has 0 radical (unpaired) electrons. The third kappa shape index (κ3) is 9.38. The molecule has 220 valence electrons. The number of amides is 2. The van der Waals surface area contributed by atoms with E-state index >= 15 is 0 Å². The van der Waals surface area contributed by atoms with Gasteiger partial charge in [0, 0.05) is 33.0 Å². The molecule has 8 nitrogen and oxygen atoms in total. The van der Waals surface area contributed by atoms with Gasteiger partial charge in [-0.2, -0.15) is 0 Å². The number of hydrogen-bond acceptors (Lipinski definition) is 5. The predicted molar refractivity (Wildman–Crippen MR) is 164 cm³/mol. The van der Waals surface area contributed by atoms with E-state index in [1.807, 2.05) is 37.3 Å². The van der Waals surface area contributed by atoms with Gasteiger partial charge in [-0.05, 0) is 60.9 Å². The van der Waals surface area contributed by atoms with Crippen LogP contribution in [0.2, 0.25) is 10.0 Å². The molecule has 3 rings (SSSR count). The van der Waals surface area contributed by atoms with Crippen molar-refractivity contribution in [2.24, 2.45) is 0 Å². The van der Waals surface area contributed by atoms with Crippen LogP contribution in [-0.4, -0.2) is 57.6 Å². The van der Waals surface area contributed by atoms with Crippen LogP contribution in [0, 0.1) is 0 Å². The van der Waals surface area contributed by atoms with E-state index in [1.165, 1.54) is 16.3 Å². The molecule has 0 fully saturated rings. The van der Waals surface area contributed by atoms with Crippen molar-refractivity contribution >= 4 is 50.7 Å². The highest BCUT2D eigenvalue weighted by atomic mass is 35.5. The van der Waals surface area contributed by atoms with Crippen LogP contribution in [0.25, 0.3) is 0 Å². The van der Waals surface area contributed by atoms with Gasteiger partial charge in [0.1, 0.15) is 11.8 Å². The number of rotatable bonds is 14. The van der Waals surface area contributed by atoms with E-state index < -0.39 is 16.1 Å². The summed E-state index contributed by atoms with van der Waals surface area (Å²) in [4.78, 5) is 28.4. The number of anilines is 1. The van der Waals surface area contributed by atoms with E-state index in [-0.39, 0.29) is 37.7 Å². The Labute approximate surface area is 252 Å². The molecule has 1 atom stereocenters. The van der Waals surface area contributed by atoms with Gasteiger partial charge in [-0.3, -0.25) is 13.9 Å². The van der Waals surface area contributed by atoms with E-state index in [0.717, 1.165) is 11.8 Å². The fourth-order valence-electron chi connectivity index (χ4n) is 4.43. The summed E-state index contributed by atoms with van der Waals surface area (Å²) in [5.74, 6) is 0.0339. The molecule has 1 N–H and O–H groups in total. The molecule has 0 aliphatic rings. The zero-order chi connectivity index (χ0) is 30.0. The summed E-state index contributed by atoms with van der Waals surface area (Å²) in [5.41, 5.74) is 2.08. The van der Waals surface area contributed by atoms with Crippen LogP contribution in [-0.2, 0) is 32.6 Å². The Balaban J connectivity index is 1.84. The van der Waals surface area contributed by atoms with E-state index in [9.17, 15) is 18.0 Å². The lowest BCUT2D eigenvalue weighted by molar-refractivity contribution is -0.141. The molecular formula is C30H35Cl2N3O5S. The number of benzene rings is 3. The predicted octanol–water partition coefficient (Wildman–Crippen LogP) is 5.32. The highest BCUT2D eigenvalue weighted by molar-refractivity contribution is 7.92. The molecule has 0 aromatic heterocycles. The van der Waals surface area contributed by atoms with E-state index in [1.54, 1.807) is 42.5 Å². The summed E-state index contributed by atoms with van der Waals surface area (Å²) in [6, 6.07) is 20.5. The van der Waals surface area contributed by atoms with Crippen molar-refractivity contribution < 1.29 is 22.7 Å². The first-order valence-electron chi connectivity index (χ1n) is 13.2. The fraction of sp³-hybridized carbons (Fsp3) is 0.333. The fourth-order valence-corrected chi connectivity index (χ4v) is 5.72. The second-order valence-corrected chi connectivity index (χ2v) is 12.2. The number of ether oxygens (including phenoxy) is 1. The van der Waals surface area contributed by atoms with Crippen molar-refractivity contribution in [2.75, 3.05) is 30.8 Å². The van der Waals surface area contributed by atoms with E-state index in [0.29, 0.717) is 40.1 Å². The topological polar surface area (TPSA) is 96.0 Å². The van der Waals surface area contributed by atoms with Crippen LogP contribution in [0.3, 0.4) is 0 Å². The van der Waals surface area contributed by atoms with Gasteiger partial charge in [0.05, 0.1) is 28.6 Å². The number of nitrogens with zero attached hydrogens (tertiary/aromatic N) is 2. The highest BCUT2D eigenvalue weighted by Crippen LogP contribution is 2.25. The molecule has 0 aliphatic carbocycles. The van der Waals surface area contributed by atoms with Crippen molar-refractivity contribution in [1.82, 2.24) is 10.2 Å². The molecule has 11 heteroatoms. The van der Waals surface area contributed by atoms with Crippen molar-refractivity contribution in [2.45, 2.75) is 38.8 Å². The number of sulfonamides is 1. The van der Waals surface area contributed by atoms with Crippen LogP contribution in [0.4, 0.5) is 5.69 Å². The van der Waals surface area contributed by atoms with Crippen molar-refractivity contribution in [3.05, 3.63) is 94.0 Å². The van der Waals surface area contributed by atoms with Gasteiger partial charge in [-0.15, -0.1) is 0 Å². The zero-order valence-corrected chi connectivity index (χ0v) is 25.7. The lowest BCUT2D eigenvalue weighted by atomic mass is 10.0. The average Bonchev–Trinajstić information content (AvgIpc) is 2.95. The third-order valence-electron chi connectivity index (χ3n) is 6.44. The summed E-state index contributed by atoms with van der Waals surface area (Å²) < 4.78 is 31.9. The minimum absolute atomic E-state index is 0.0205. The van der Waals surface area contributed by atoms with Crippen LogP contribution in [0.15, 0.2) is 72.8 Å². The van der Waals surface area contributed by atoms with Gasteiger partial charge in [-0.1, -0.05) is 59.6 Å². The first-order chi connectivity index (χ1) is 19.5. The van der Waals surface area contributed by atoms with Crippen LogP contribution >= 0.6 is 23.2 Å². The molecule has 2 amide bonds. The molecule has 0 saturated carbocycles. The van der Waals surface area contributed by atoms with Gasteiger partial charge < -0.3 is 15.0 Å². The number of nitrogens with one attached hydrogen (secondary N) is 1. The van der Waals surface area contributed by atoms with E-state index in [2.05, 4.69) is 5.32 Å². The summed E-state index contributed by atoms with van der Waals surface area (Å²) in [6.45, 7) is 2.57. The second-order valence-electron chi connectivity index (χ2n) is 9.46. The Morgan fingerprint density at radius 2 is 1.63 bits per heavy atom. The zero-order valence-electron chi connectivity index (χ0n) is 23.3. The molecule has 0 aliphatic heterocycles. The Bertz CT molecular complexity index is 1420. The molecule has 3 aromatic carbocycles. The molecule has 0 heterocycles.